The molecular formula is C18H21ClN3O4+. The molecular weight excluding hydrogens is 358 g/mol. The molecule has 0 aromatic heterocycles. The maximum Gasteiger partial charge on any atom is 0.289 e. The number of benzene rings is 2. The third kappa shape index (κ3) is 5.26. The van der Waals surface area contributed by atoms with Crippen LogP contribution in [-0.2, 0) is 9.53 Å². The van der Waals surface area contributed by atoms with Crippen LogP contribution in [0.4, 0.5) is 11.4 Å². The summed E-state index contributed by atoms with van der Waals surface area (Å²) in [5, 5.41) is 15.7. The molecule has 2 rings (SSSR count). The van der Waals surface area contributed by atoms with Gasteiger partial charge in [-0.05, 0) is 19.1 Å². The Morgan fingerprint density at radius 1 is 1.31 bits per heavy atom. The molecule has 26 heavy (non-hydrogen) atoms. The SMILES string of the molecule is COC[C@@H](C)[NH2+][C@@H](C(=O)Nc1ccc(Cl)c([N+](=O)[O-])c1)c1ccccc1. The lowest BCUT2D eigenvalue weighted by Crippen LogP contribution is -2.92. The average Bonchev–Trinajstić information content (AvgIpc) is 2.62. The first-order valence-electron chi connectivity index (χ1n) is 8.06. The second-order valence-corrected chi connectivity index (χ2v) is 6.33. The first-order chi connectivity index (χ1) is 12.4. The van der Waals surface area contributed by atoms with Gasteiger partial charge in [0.25, 0.3) is 11.6 Å². The zero-order valence-corrected chi connectivity index (χ0v) is 15.3. The van der Waals surface area contributed by atoms with Crippen molar-refractivity contribution in [2.75, 3.05) is 19.0 Å². The van der Waals surface area contributed by atoms with Crippen molar-refractivity contribution in [3.63, 3.8) is 0 Å². The van der Waals surface area contributed by atoms with Crippen molar-refractivity contribution >= 4 is 28.9 Å². The molecule has 0 radical (unpaired) electrons. The van der Waals surface area contributed by atoms with E-state index in [4.69, 9.17) is 16.3 Å². The monoisotopic (exact) mass is 378 g/mol. The lowest BCUT2D eigenvalue weighted by molar-refractivity contribution is -0.713. The Labute approximate surface area is 156 Å². The smallest absolute Gasteiger partial charge is 0.289 e. The fourth-order valence-corrected chi connectivity index (χ4v) is 2.79. The second-order valence-electron chi connectivity index (χ2n) is 5.93. The maximum atomic E-state index is 12.8. The van der Waals surface area contributed by atoms with Crippen LogP contribution in [0.25, 0.3) is 0 Å². The summed E-state index contributed by atoms with van der Waals surface area (Å²) in [6.07, 6.45) is 0. The van der Waals surface area contributed by atoms with Crippen molar-refractivity contribution in [2.24, 2.45) is 0 Å². The van der Waals surface area contributed by atoms with Crippen molar-refractivity contribution in [2.45, 2.75) is 19.0 Å². The molecule has 2 atom stereocenters. The minimum absolute atomic E-state index is 0.0212. The number of hydrogen-bond donors (Lipinski definition) is 2. The lowest BCUT2D eigenvalue weighted by atomic mass is 10.0. The highest BCUT2D eigenvalue weighted by molar-refractivity contribution is 6.32. The molecule has 8 heteroatoms. The molecule has 0 bridgehead atoms. The van der Waals surface area contributed by atoms with Crippen LogP contribution in [0.1, 0.15) is 18.5 Å². The number of nitrogens with zero attached hydrogens (tertiary/aromatic N) is 1. The fourth-order valence-electron chi connectivity index (χ4n) is 2.61. The number of nitrogens with two attached hydrogens (primary N) is 1. The van der Waals surface area contributed by atoms with E-state index in [1.807, 2.05) is 42.6 Å². The van der Waals surface area contributed by atoms with E-state index in [0.29, 0.717) is 12.3 Å². The quantitative estimate of drug-likeness (QED) is 0.544. The van der Waals surface area contributed by atoms with E-state index in [9.17, 15) is 14.9 Å². The lowest BCUT2D eigenvalue weighted by Gasteiger charge is -2.19. The standard InChI is InChI=1S/C18H20ClN3O4/c1-12(11-26-2)20-17(13-6-4-3-5-7-13)18(23)21-14-8-9-15(19)16(10-14)22(24)25/h3-10,12,17,20H,11H2,1-2H3,(H,21,23)/p+1/t12-,17-/m1/s1. The van der Waals surface area contributed by atoms with Crippen LogP contribution in [0.5, 0.6) is 0 Å². The topological polar surface area (TPSA) is 98.1 Å². The molecule has 1 amide bonds. The normalized spacial score (nSPS) is 13.0. The number of anilines is 1. The summed E-state index contributed by atoms with van der Waals surface area (Å²) >= 11 is 5.82. The molecule has 0 aliphatic carbocycles. The van der Waals surface area contributed by atoms with Gasteiger partial charge >= 0.3 is 0 Å². The van der Waals surface area contributed by atoms with Gasteiger partial charge in [-0.15, -0.1) is 0 Å². The summed E-state index contributed by atoms with van der Waals surface area (Å²) in [6, 6.07) is 13.0. The summed E-state index contributed by atoms with van der Waals surface area (Å²) in [7, 11) is 1.61. The van der Waals surface area contributed by atoms with E-state index in [1.165, 1.54) is 18.2 Å². The fraction of sp³-hybridized carbons (Fsp3) is 0.278. The zero-order valence-electron chi connectivity index (χ0n) is 14.5. The van der Waals surface area contributed by atoms with Crippen LogP contribution in [0, 0.1) is 10.1 Å². The first-order valence-corrected chi connectivity index (χ1v) is 8.44. The summed E-state index contributed by atoms with van der Waals surface area (Å²) < 4.78 is 5.14. The number of rotatable bonds is 8. The van der Waals surface area contributed by atoms with E-state index in [1.54, 1.807) is 7.11 Å². The number of methoxy groups -OCH3 is 1. The number of nitro groups is 1. The van der Waals surface area contributed by atoms with Gasteiger partial charge in [-0.25, -0.2) is 0 Å². The highest BCUT2D eigenvalue weighted by Gasteiger charge is 2.27. The van der Waals surface area contributed by atoms with Gasteiger partial charge in [0.2, 0.25) is 0 Å². The highest BCUT2D eigenvalue weighted by atomic mass is 35.5. The minimum atomic E-state index is -0.584. The third-order valence-electron chi connectivity index (χ3n) is 3.80. The van der Waals surface area contributed by atoms with Crippen LogP contribution >= 0.6 is 11.6 Å². The van der Waals surface area contributed by atoms with Gasteiger partial charge in [-0.1, -0.05) is 41.9 Å². The molecule has 0 fully saturated rings. The Kier molecular flexibility index (Phi) is 7.08. The zero-order chi connectivity index (χ0) is 19.1. The Morgan fingerprint density at radius 2 is 2.00 bits per heavy atom. The van der Waals surface area contributed by atoms with Crippen molar-refractivity contribution in [1.82, 2.24) is 0 Å². The van der Waals surface area contributed by atoms with E-state index in [0.717, 1.165) is 5.56 Å². The number of carbonyl (C=O) groups excluding carboxylic acids is 1. The van der Waals surface area contributed by atoms with Gasteiger partial charge in [-0.3, -0.25) is 14.9 Å². The molecule has 0 unspecified atom stereocenters. The molecule has 2 aromatic rings. The minimum Gasteiger partial charge on any atom is -0.379 e. The molecule has 7 nitrogen and oxygen atoms in total. The Bertz CT molecular complexity index is 770. The van der Waals surface area contributed by atoms with Gasteiger partial charge < -0.3 is 15.4 Å². The molecule has 0 aliphatic heterocycles. The first kappa shape index (κ1) is 19.8. The van der Waals surface area contributed by atoms with Gasteiger partial charge in [0.1, 0.15) is 11.1 Å². The van der Waals surface area contributed by atoms with Crippen LogP contribution in [0.2, 0.25) is 5.02 Å². The molecule has 138 valence electrons. The number of halogens is 1. The highest BCUT2D eigenvalue weighted by Crippen LogP contribution is 2.27. The van der Waals surface area contributed by atoms with Crippen molar-refractivity contribution in [3.8, 4) is 0 Å². The van der Waals surface area contributed by atoms with Crippen LogP contribution < -0.4 is 10.6 Å². The molecule has 0 aliphatic rings. The van der Waals surface area contributed by atoms with Gasteiger partial charge in [0, 0.05) is 24.4 Å². The third-order valence-corrected chi connectivity index (χ3v) is 4.12. The summed E-state index contributed by atoms with van der Waals surface area (Å²) in [6.45, 7) is 2.45. The summed E-state index contributed by atoms with van der Waals surface area (Å²) in [5.41, 5.74) is 0.897. The van der Waals surface area contributed by atoms with Crippen LogP contribution in [0.3, 0.4) is 0 Å². The molecule has 0 heterocycles. The van der Waals surface area contributed by atoms with E-state index >= 15 is 0 Å². The predicted octanol–water partition coefficient (Wildman–Crippen LogP) is 2.53. The summed E-state index contributed by atoms with van der Waals surface area (Å²) in [5.74, 6) is -0.282. The van der Waals surface area contributed by atoms with Gasteiger partial charge in [-0.2, -0.15) is 0 Å². The number of ether oxygens (including phenoxy) is 1. The number of carbonyl (C=O) groups is 1. The molecule has 0 spiro atoms. The largest absolute Gasteiger partial charge is 0.379 e. The Morgan fingerprint density at radius 3 is 2.62 bits per heavy atom. The van der Waals surface area contributed by atoms with Gasteiger partial charge in [0.15, 0.2) is 6.04 Å². The van der Waals surface area contributed by atoms with Gasteiger partial charge in [0.05, 0.1) is 11.5 Å². The van der Waals surface area contributed by atoms with Crippen molar-refractivity contribution < 1.29 is 19.8 Å². The molecule has 0 saturated heterocycles. The average molecular weight is 379 g/mol. The Hall–Kier alpha value is -2.48. The van der Waals surface area contributed by atoms with E-state index in [2.05, 4.69) is 5.32 Å². The van der Waals surface area contributed by atoms with Crippen molar-refractivity contribution in [1.29, 1.82) is 0 Å². The van der Waals surface area contributed by atoms with E-state index in [-0.39, 0.29) is 22.7 Å². The van der Waals surface area contributed by atoms with Crippen LogP contribution in [0.15, 0.2) is 48.5 Å². The van der Waals surface area contributed by atoms with Crippen LogP contribution in [-0.4, -0.2) is 30.6 Å². The molecule has 3 N–H and O–H groups in total. The maximum absolute atomic E-state index is 12.8. The summed E-state index contributed by atoms with van der Waals surface area (Å²) in [4.78, 5) is 23.3. The number of quaternary nitrogens is 1. The second kappa shape index (κ2) is 9.28. The molecule has 0 saturated carbocycles. The number of nitro benzene ring substituents is 1. The predicted molar refractivity (Wildman–Crippen MR) is 99.2 cm³/mol. The van der Waals surface area contributed by atoms with E-state index < -0.39 is 11.0 Å². The Balaban J connectivity index is 2.23. The van der Waals surface area contributed by atoms with Crippen molar-refractivity contribution in [3.05, 3.63) is 69.2 Å². The molecule has 2 aromatic carbocycles. The number of hydrogen-bond acceptors (Lipinski definition) is 4. The number of nitrogens with one attached hydrogen (secondary N) is 1. The number of amides is 1.